The molecule has 7 nitrogen and oxygen atoms in total. The summed E-state index contributed by atoms with van der Waals surface area (Å²) in [6.45, 7) is 5.96. The van der Waals surface area contributed by atoms with Gasteiger partial charge in [-0.2, -0.15) is 0 Å². The zero-order valence-corrected chi connectivity index (χ0v) is 28.4. The van der Waals surface area contributed by atoms with Crippen LogP contribution in [0.4, 0.5) is 5.69 Å². The van der Waals surface area contributed by atoms with E-state index in [1.807, 2.05) is 87.5 Å². The van der Waals surface area contributed by atoms with Crippen molar-refractivity contribution in [2.45, 2.75) is 57.5 Å². The van der Waals surface area contributed by atoms with Crippen molar-refractivity contribution < 1.29 is 18.0 Å². The lowest BCUT2D eigenvalue weighted by molar-refractivity contribution is -0.140. The Morgan fingerprint density at radius 2 is 1.44 bits per heavy atom. The molecule has 4 rings (SSSR count). The van der Waals surface area contributed by atoms with Crippen molar-refractivity contribution in [2.24, 2.45) is 0 Å². The van der Waals surface area contributed by atoms with Gasteiger partial charge in [-0.25, -0.2) is 8.42 Å². The molecule has 0 aliphatic heterocycles. The van der Waals surface area contributed by atoms with Crippen LogP contribution in [0.25, 0.3) is 0 Å². The van der Waals surface area contributed by atoms with Gasteiger partial charge < -0.3 is 10.2 Å². The van der Waals surface area contributed by atoms with Crippen LogP contribution in [0.15, 0.2) is 112 Å². The number of carbonyl (C=O) groups is 2. The van der Waals surface area contributed by atoms with Gasteiger partial charge in [-0.15, -0.1) is 0 Å². The van der Waals surface area contributed by atoms with Gasteiger partial charge in [0.2, 0.25) is 11.8 Å². The van der Waals surface area contributed by atoms with E-state index in [4.69, 9.17) is 0 Å². The largest absolute Gasteiger partial charge is 0.354 e. The van der Waals surface area contributed by atoms with Gasteiger partial charge >= 0.3 is 0 Å². The summed E-state index contributed by atoms with van der Waals surface area (Å²) in [5.41, 5.74) is 3.94. The third-order valence-electron chi connectivity index (χ3n) is 7.55. The van der Waals surface area contributed by atoms with Crippen LogP contribution in [-0.4, -0.2) is 44.3 Å². The molecule has 236 valence electrons. The maximum absolute atomic E-state index is 14.5. The Kier molecular flexibility index (Phi) is 12.0. The Hall–Kier alpha value is -3.95. The number of rotatable bonds is 14. The predicted molar refractivity (Wildman–Crippen MR) is 183 cm³/mol. The van der Waals surface area contributed by atoms with Crippen molar-refractivity contribution in [3.63, 3.8) is 0 Å². The van der Waals surface area contributed by atoms with Crippen LogP contribution in [0.5, 0.6) is 0 Å². The SMILES string of the molecule is CCCCNC(=O)C(Cc1ccccc1)N(Cc1cccc(Br)c1)C(=O)CN(c1ccc(C)cc1)S(=O)(=O)c1ccc(C)cc1. The third kappa shape index (κ3) is 9.28. The summed E-state index contributed by atoms with van der Waals surface area (Å²) in [7, 11) is -4.14. The second kappa shape index (κ2) is 15.9. The number of hydrogen-bond donors (Lipinski definition) is 1. The average molecular weight is 691 g/mol. The van der Waals surface area contributed by atoms with Crippen LogP contribution < -0.4 is 9.62 Å². The van der Waals surface area contributed by atoms with Crippen molar-refractivity contribution in [2.75, 3.05) is 17.4 Å². The van der Waals surface area contributed by atoms with Crippen LogP contribution in [0, 0.1) is 13.8 Å². The molecule has 0 bridgehead atoms. The number of carbonyl (C=O) groups excluding carboxylic acids is 2. The molecule has 9 heteroatoms. The lowest BCUT2D eigenvalue weighted by atomic mass is 10.0. The molecule has 0 radical (unpaired) electrons. The van der Waals surface area contributed by atoms with E-state index in [1.165, 1.54) is 4.90 Å². The van der Waals surface area contributed by atoms with Crippen LogP contribution in [0.3, 0.4) is 0 Å². The Balaban J connectivity index is 1.78. The number of aryl methyl sites for hydroxylation is 2. The molecule has 0 heterocycles. The summed E-state index contributed by atoms with van der Waals surface area (Å²) < 4.78 is 30.2. The lowest BCUT2D eigenvalue weighted by Gasteiger charge is -2.34. The quantitative estimate of drug-likeness (QED) is 0.147. The minimum atomic E-state index is -4.14. The normalized spacial score (nSPS) is 11.9. The highest BCUT2D eigenvalue weighted by atomic mass is 79.9. The maximum Gasteiger partial charge on any atom is 0.264 e. The first-order valence-electron chi connectivity index (χ1n) is 15.1. The van der Waals surface area contributed by atoms with Gasteiger partial charge in [0, 0.05) is 24.0 Å². The van der Waals surface area contributed by atoms with E-state index in [9.17, 15) is 18.0 Å². The second-order valence-corrected chi connectivity index (χ2v) is 13.9. The number of unbranched alkanes of at least 4 members (excludes halogenated alkanes) is 1. The van der Waals surface area contributed by atoms with Crippen molar-refractivity contribution in [3.8, 4) is 0 Å². The molecule has 0 aliphatic carbocycles. The number of sulfonamides is 1. The standard InChI is InChI=1S/C36H40BrN3O4S/c1-4-5-22-38-36(42)34(24-29-10-7-6-8-11-29)39(25-30-12-9-13-31(37)23-30)35(41)26-40(32-18-14-27(2)15-19-32)45(43,44)33-20-16-28(3)17-21-33/h6-21,23,34H,4-5,22,24-26H2,1-3H3,(H,38,42). The molecule has 4 aromatic rings. The Morgan fingerprint density at radius 1 is 0.822 bits per heavy atom. The topological polar surface area (TPSA) is 86.8 Å². The van der Waals surface area contributed by atoms with E-state index in [-0.39, 0.29) is 23.8 Å². The summed E-state index contributed by atoms with van der Waals surface area (Å²) in [6, 6.07) is 29.8. The fourth-order valence-corrected chi connectivity index (χ4v) is 6.83. The Morgan fingerprint density at radius 3 is 2.07 bits per heavy atom. The number of amides is 2. The molecular weight excluding hydrogens is 650 g/mol. The summed E-state index contributed by atoms with van der Waals surface area (Å²) >= 11 is 3.51. The van der Waals surface area contributed by atoms with Crippen LogP contribution >= 0.6 is 15.9 Å². The highest BCUT2D eigenvalue weighted by molar-refractivity contribution is 9.10. The fourth-order valence-electron chi connectivity index (χ4n) is 4.97. The molecule has 45 heavy (non-hydrogen) atoms. The number of halogens is 1. The zero-order valence-electron chi connectivity index (χ0n) is 25.9. The molecule has 0 spiro atoms. The number of hydrogen-bond acceptors (Lipinski definition) is 4. The van der Waals surface area contributed by atoms with Crippen molar-refractivity contribution in [1.29, 1.82) is 0 Å². The number of benzene rings is 4. The van der Waals surface area contributed by atoms with Gasteiger partial charge in [0.05, 0.1) is 10.6 Å². The summed E-state index contributed by atoms with van der Waals surface area (Å²) in [5.74, 6) is -0.767. The summed E-state index contributed by atoms with van der Waals surface area (Å²) in [5, 5.41) is 3.02. The van der Waals surface area contributed by atoms with Gasteiger partial charge in [-0.05, 0) is 67.8 Å². The van der Waals surface area contributed by atoms with Crippen LogP contribution in [-0.2, 0) is 32.6 Å². The number of nitrogens with zero attached hydrogens (tertiary/aromatic N) is 2. The molecule has 0 aromatic heterocycles. The Labute approximate surface area is 275 Å². The van der Waals surface area contributed by atoms with Gasteiger partial charge in [-0.1, -0.05) is 107 Å². The van der Waals surface area contributed by atoms with Crippen LogP contribution in [0.1, 0.15) is 42.0 Å². The summed E-state index contributed by atoms with van der Waals surface area (Å²) in [6.07, 6.45) is 1.99. The first kappa shape index (κ1) is 33.9. The highest BCUT2D eigenvalue weighted by Crippen LogP contribution is 2.26. The zero-order chi connectivity index (χ0) is 32.4. The molecule has 2 amide bonds. The molecule has 1 unspecified atom stereocenters. The monoisotopic (exact) mass is 689 g/mol. The first-order valence-corrected chi connectivity index (χ1v) is 17.3. The number of anilines is 1. The lowest BCUT2D eigenvalue weighted by Crippen LogP contribution is -2.53. The fraction of sp³-hybridized carbons (Fsp3) is 0.278. The first-order chi connectivity index (χ1) is 21.6. The van der Waals surface area contributed by atoms with Gasteiger partial charge in [-0.3, -0.25) is 13.9 Å². The molecular formula is C36H40BrN3O4S. The average Bonchev–Trinajstić information content (AvgIpc) is 3.02. The smallest absolute Gasteiger partial charge is 0.264 e. The van der Waals surface area contributed by atoms with Gasteiger partial charge in [0.1, 0.15) is 12.6 Å². The molecule has 0 fully saturated rings. The molecule has 1 atom stereocenters. The second-order valence-electron chi connectivity index (χ2n) is 11.2. The van der Waals surface area contributed by atoms with E-state index in [1.54, 1.807) is 36.4 Å². The van der Waals surface area contributed by atoms with Crippen LogP contribution in [0.2, 0.25) is 0 Å². The molecule has 0 aliphatic rings. The Bertz CT molecular complexity index is 1680. The van der Waals surface area contributed by atoms with Crippen molar-refractivity contribution in [3.05, 3.63) is 130 Å². The van der Waals surface area contributed by atoms with Gasteiger partial charge in [0.15, 0.2) is 0 Å². The highest BCUT2D eigenvalue weighted by Gasteiger charge is 2.34. The minimum Gasteiger partial charge on any atom is -0.354 e. The molecule has 0 saturated heterocycles. The van der Waals surface area contributed by atoms with E-state index < -0.39 is 28.5 Å². The number of nitrogens with one attached hydrogen (secondary N) is 1. The molecule has 0 saturated carbocycles. The molecule has 1 N–H and O–H groups in total. The van der Waals surface area contributed by atoms with E-state index >= 15 is 0 Å². The predicted octanol–water partition coefficient (Wildman–Crippen LogP) is 6.82. The van der Waals surface area contributed by atoms with Crippen molar-refractivity contribution >= 4 is 43.5 Å². The van der Waals surface area contributed by atoms with E-state index in [0.29, 0.717) is 12.2 Å². The van der Waals surface area contributed by atoms with Crippen molar-refractivity contribution in [1.82, 2.24) is 10.2 Å². The summed E-state index contributed by atoms with van der Waals surface area (Å²) in [4.78, 5) is 29.9. The maximum atomic E-state index is 14.5. The molecule has 4 aromatic carbocycles. The van der Waals surface area contributed by atoms with Gasteiger partial charge in [0.25, 0.3) is 10.0 Å². The van der Waals surface area contributed by atoms with E-state index in [2.05, 4.69) is 21.2 Å². The van der Waals surface area contributed by atoms with E-state index in [0.717, 1.165) is 43.9 Å². The minimum absolute atomic E-state index is 0.0816. The third-order valence-corrected chi connectivity index (χ3v) is 9.83.